The Labute approximate surface area is 133 Å². The van der Waals surface area contributed by atoms with E-state index in [1.807, 2.05) is 18.2 Å². The minimum absolute atomic E-state index is 0.0103. The molecule has 0 saturated heterocycles. The Kier molecular flexibility index (Phi) is 4.96. The van der Waals surface area contributed by atoms with Crippen molar-refractivity contribution in [1.82, 2.24) is 0 Å². The van der Waals surface area contributed by atoms with Crippen LogP contribution in [0.15, 0.2) is 34.8 Å². The summed E-state index contributed by atoms with van der Waals surface area (Å²) in [5.74, 6) is -0.611. The summed E-state index contributed by atoms with van der Waals surface area (Å²) >= 11 is 20.8. The number of rotatable bonds is 3. The Morgan fingerprint density at radius 1 is 1.00 bits per heavy atom. The molecule has 6 heteroatoms. The molecule has 0 atom stereocenters. The van der Waals surface area contributed by atoms with Crippen molar-refractivity contribution in [2.75, 3.05) is 5.32 Å². The van der Waals surface area contributed by atoms with Crippen molar-refractivity contribution >= 4 is 56.4 Å². The van der Waals surface area contributed by atoms with Gasteiger partial charge in [0.15, 0.2) is 5.82 Å². The summed E-state index contributed by atoms with van der Waals surface area (Å²) in [6.45, 7) is 0.533. The van der Waals surface area contributed by atoms with Crippen LogP contribution in [0.25, 0.3) is 0 Å². The van der Waals surface area contributed by atoms with E-state index in [4.69, 9.17) is 34.8 Å². The van der Waals surface area contributed by atoms with Gasteiger partial charge >= 0.3 is 0 Å². The van der Waals surface area contributed by atoms with E-state index >= 15 is 0 Å². The maximum absolute atomic E-state index is 13.3. The number of hydrogen-bond acceptors (Lipinski definition) is 1. The molecular formula is C13H8BrCl3FN. The molecule has 0 aromatic heterocycles. The summed E-state index contributed by atoms with van der Waals surface area (Å²) in [5.41, 5.74) is 1.64. The van der Waals surface area contributed by atoms with Gasteiger partial charge < -0.3 is 5.32 Å². The van der Waals surface area contributed by atoms with E-state index in [-0.39, 0.29) is 10.0 Å². The average molecular weight is 383 g/mol. The lowest BCUT2D eigenvalue weighted by atomic mass is 10.2. The molecule has 0 amide bonds. The van der Waals surface area contributed by atoms with Gasteiger partial charge in [-0.3, -0.25) is 0 Å². The number of halogens is 5. The lowest BCUT2D eigenvalue weighted by molar-refractivity contribution is 0.629. The zero-order valence-corrected chi connectivity index (χ0v) is 13.3. The predicted octanol–water partition coefficient (Wildman–Crippen LogP) is 6.16. The normalized spacial score (nSPS) is 10.6. The molecule has 2 aromatic rings. The van der Waals surface area contributed by atoms with Crippen LogP contribution in [0.5, 0.6) is 0 Å². The first-order valence-corrected chi connectivity index (χ1v) is 7.22. The number of nitrogens with one attached hydrogen (secondary N) is 1. The fourth-order valence-corrected chi connectivity index (χ4v) is 2.45. The predicted molar refractivity (Wildman–Crippen MR) is 82.9 cm³/mol. The lowest BCUT2D eigenvalue weighted by Gasteiger charge is -2.09. The third kappa shape index (κ3) is 3.76. The second-order valence-corrected chi connectivity index (χ2v) is 5.93. The molecule has 0 aliphatic heterocycles. The van der Waals surface area contributed by atoms with Crippen LogP contribution in [0.2, 0.25) is 15.1 Å². The quantitative estimate of drug-likeness (QED) is 0.626. The molecule has 0 aliphatic carbocycles. The monoisotopic (exact) mass is 381 g/mol. The van der Waals surface area contributed by atoms with Gasteiger partial charge in [0.25, 0.3) is 0 Å². The maximum Gasteiger partial charge on any atom is 0.160 e. The summed E-state index contributed by atoms with van der Waals surface area (Å²) in [6, 6.07) is 8.61. The van der Waals surface area contributed by atoms with Crippen molar-refractivity contribution in [2.45, 2.75) is 6.54 Å². The Morgan fingerprint density at radius 3 is 2.21 bits per heavy atom. The molecule has 0 unspecified atom stereocenters. The van der Waals surface area contributed by atoms with Crippen LogP contribution in [0, 0.1) is 5.82 Å². The fraction of sp³-hybridized carbons (Fsp3) is 0.0769. The Hall–Kier alpha value is -0.480. The van der Waals surface area contributed by atoms with E-state index in [0.29, 0.717) is 17.3 Å². The molecule has 2 rings (SSSR count). The number of anilines is 1. The third-order valence-corrected chi connectivity index (χ3v) is 4.25. The van der Waals surface area contributed by atoms with Gasteiger partial charge in [-0.2, -0.15) is 0 Å². The Bertz CT molecular complexity index is 596. The van der Waals surface area contributed by atoms with Crippen molar-refractivity contribution in [3.8, 4) is 0 Å². The van der Waals surface area contributed by atoms with Gasteiger partial charge in [-0.15, -0.1) is 0 Å². The van der Waals surface area contributed by atoms with Crippen LogP contribution in [0.4, 0.5) is 10.1 Å². The summed E-state index contributed by atoms with van der Waals surface area (Å²) in [6.07, 6.45) is 0. The van der Waals surface area contributed by atoms with Gasteiger partial charge in [0, 0.05) is 16.7 Å². The van der Waals surface area contributed by atoms with Crippen LogP contribution in [0.3, 0.4) is 0 Å². The average Bonchev–Trinajstić information content (AvgIpc) is 2.37. The minimum Gasteiger partial charge on any atom is -0.381 e. The largest absolute Gasteiger partial charge is 0.381 e. The van der Waals surface area contributed by atoms with Crippen LogP contribution >= 0.6 is 50.7 Å². The molecule has 1 nitrogen and oxygen atoms in total. The van der Waals surface area contributed by atoms with Crippen LogP contribution in [0.1, 0.15) is 5.56 Å². The smallest absolute Gasteiger partial charge is 0.160 e. The van der Waals surface area contributed by atoms with E-state index in [9.17, 15) is 4.39 Å². The highest BCUT2D eigenvalue weighted by Gasteiger charge is 2.07. The second kappa shape index (κ2) is 6.31. The molecular weight excluding hydrogens is 375 g/mol. The first-order valence-electron chi connectivity index (χ1n) is 5.29. The lowest BCUT2D eigenvalue weighted by Crippen LogP contribution is -2.00. The molecule has 0 aliphatic rings. The van der Waals surface area contributed by atoms with Gasteiger partial charge in [-0.1, -0.05) is 40.9 Å². The van der Waals surface area contributed by atoms with Gasteiger partial charge in [-0.25, -0.2) is 4.39 Å². The van der Waals surface area contributed by atoms with E-state index in [2.05, 4.69) is 21.2 Å². The standard InChI is InChI=1S/C13H8BrCl3FN/c14-9-2-1-7(3-10(9)15)6-19-8-4-11(16)13(18)12(17)5-8/h1-5,19H,6H2. The van der Waals surface area contributed by atoms with Crippen LogP contribution in [-0.2, 0) is 6.54 Å². The first kappa shape index (κ1) is 14.9. The minimum atomic E-state index is -0.611. The fourth-order valence-electron chi connectivity index (χ4n) is 1.51. The van der Waals surface area contributed by atoms with E-state index in [1.54, 1.807) is 0 Å². The highest BCUT2D eigenvalue weighted by Crippen LogP contribution is 2.28. The van der Waals surface area contributed by atoms with Crippen molar-refractivity contribution < 1.29 is 4.39 Å². The summed E-state index contributed by atoms with van der Waals surface area (Å²) in [5, 5.41) is 3.72. The zero-order valence-electron chi connectivity index (χ0n) is 9.48. The van der Waals surface area contributed by atoms with Crippen LogP contribution < -0.4 is 5.32 Å². The molecule has 0 bridgehead atoms. The van der Waals surface area contributed by atoms with Gasteiger partial charge in [0.05, 0.1) is 15.1 Å². The molecule has 100 valence electrons. The van der Waals surface area contributed by atoms with E-state index < -0.39 is 5.82 Å². The van der Waals surface area contributed by atoms with Crippen molar-refractivity contribution in [3.63, 3.8) is 0 Å². The zero-order chi connectivity index (χ0) is 14.0. The number of hydrogen-bond donors (Lipinski definition) is 1. The summed E-state index contributed by atoms with van der Waals surface area (Å²) < 4.78 is 14.1. The van der Waals surface area contributed by atoms with Crippen molar-refractivity contribution in [2.24, 2.45) is 0 Å². The summed E-state index contributed by atoms with van der Waals surface area (Å²) in [7, 11) is 0. The van der Waals surface area contributed by atoms with Crippen molar-refractivity contribution in [3.05, 3.63) is 61.3 Å². The SMILES string of the molecule is Fc1c(Cl)cc(NCc2ccc(Br)c(Cl)c2)cc1Cl. The molecule has 1 N–H and O–H groups in total. The van der Waals surface area contributed by atoms with E-state index in [1.165, 1.54) is 12.1 Å². The highest BCUT2D eigenvalue weighted by molar-refractivity contribution is 9.10. The molecule has 2 aromatic carbocycles. The molecule has 0 radical (unpaired) electrons. The molecule has 0 fully saturated rings. The molecule has 0 heterocycles. The van der Waals surface area contributed by atoms with Crippen LogP contribution in [-0.4, -0.2) is 0 Å². The van der Waals surface area contributed by atoms with Gasteiger partial charge in [0.1, 0.15) is 0 Å². The van der Waals surface area contributed by atoms with Gasteiger partial charge in [-0.05, 0) is 45.8 Å². The van der Waals surface area contributed by atoms with Gasteiger partial charge in [0.2, 0.25) is 0 Å². The molecule has 0 saturated carbocycles. The number of benzene rings is 2. The van der Waals surface area contributed by atoms with Crippen molar-refractivity contribution in [1.29, 1.82) is 0 Å². The molecule has 19 heavy (non-hydrogen) atoms. The first-order chi connectivity index (χ1) is 8.97. The summed E-state index contributed by atoms with van der Waals surface area (Å²) in [4.78, 5) is 0. The topological polar surface area (TPSA) is 12.0 Å². The highest BCUT2D eigenvalue weighted by atomic mass is 79.9. The third-order valence-electron chi connectivity index (χ3n) is 2.46. The Morgan fingerprint density at radius 2 is 1.63 bits per heavy atom. The Balaban J connectivity index is 2.12. The second-order valence-electron chi connectivity index (χ2n) is 3.86. The van der Waals surface area contributed by atoms with E-state index in [0.717, 1.165) is 10.0 Å². The molecule has 0 spiro atoms. The maximum atomic E-state index is 13.3.